The van der Waals surface area contributed by atoms with Gasteiger partial charge >= 0.3 is 11.9 Å². The molecule has 1 heterocycles. The van der Waals surface area contributed by atoms with Crippen LogP contribution < -0.4 is 37.6 Å². The number of carbonyl (C=O) groups excluding carboxylic acids is 7. The zero-order valence-corrected chi connectivity index (χ0v) is 37.0. The summed E-state index contributed by atoms with van der Waals surface area (Å²) in [5.74, 6) is -8.49. The molecule has 0 saturated carbocycles. The highest BCUT2D eigenvalue weighted by molar-refractivity contribution is 5.97. The quantitative estimate of drug-likeness (QED) is 0.0687. The zero-order valence-electron chi connectivity index (χ0n) is 37.0. The third-order valence-corrected chi connectivity index (χ3v) is 10.7. The first-order valence-corrected chi connectivity index (χ1v) is 21.2. The first-order chi connectivity index (χ1) is 30.1. The van der Waals surface area contributed by atoms with Gasteiger partial charge in [0.25, 0.3) is 0 Å². The molecule has 1 aliphatic heterocycles. The van der Waals surface area contributed by atoms with Crippen molar-refractivity contribution in [3.63, 3.8) is 0 Å². The summed E-state index contributed by atoms with van der Waals surface area (Å²) < 4.78 is 0. The molecule has 20 heteroatoms. The molecule has 0 aromatic heterocycles. The number of aromatic hydroxyl groups is 1. The van der Waals surface area contributed by atoms with E-state index < -0.39 is 113 Å². The summed E-state index contributed by atoms with van der Waals surface area (Å²) in [5, 5.41) is 44.0. The molecular formula is C44H62N8O12. The molecule has 20 nitrogen and oxygen atoms in total. The lowest BCUT2D eigenvalue weighted by atomic mass is 9.99. The monoisotopic (exact) mass is 894 g/mol. The summed E-state index contributed by atoms with van der Waals surface area (Å²) in [6, 6.07) is 4.83. The first-order valence-electron chi connectivity index (χ1n) is 21.2. The van der Waals surface area contributed by atoms with Gasteiger partial charge in [-0.3, -0.25) is 38.4 Å². The van der Waals surface area contributed by atoms with Crippen molar-refractivity contribution in [2.45, 2.75) is 128 Å². The maximum absolute atomic E-state index is 14.2. The fraction of sp³-hybridized carbons (Fsp3) is 0.523. The van der Waals surface area contributed by atoms with Crippen molar-refractivity contribution < 1.29 is 58.5 Å². The Balaban J connectivity index is 1.79. The van der Waals surface area contributed by atoms with Crippen molar-refractivity contribution >= 4 is 53.3 Å². The third-order valence-electron chi connectivity index (χ3n) is 10.7. The summed E-state index contributed by atoms with van der Waals surface area (Å²) in [4.78, 5) is 119. The van der Waals surface area contributed by atoms with Gasteiger partial charge < -0.3 is 57.9 Å². The SMILES string of the molecule is CC(C)[C@H](NC(=O)[C@@H](N)CCC(=O)O)C(=O)N[C@@H](Cc1ccc(O)cc1)C(=O)N[C@@H](Cc1ccccc1)C(=O)N[C@@H](C)C(=O)N[C@@H](C)C(=O)N[C@H](C(=O)N1CCC[C@H]1C(=O)O)C(C)C. The number of benzene rings is 2. The van der Waals surface area contributed by atoms with E-state index in [4.69, 9.17) is 10.8 Å². The van der Waals surface area contributed by atoms with Gasteiger partial charge in [-0.05, 0) is 68.2 Å². The Morgan fingerprint density at radius 2 is 1.11 bits per heavy atom. The average Bonchev–Trinajstić information content (AvgIpc) is 3.74. The van der Waals surface area contributed by atoms with Gasteiger partial charge in [0.1, 0.15) is 48.0 Å². The number of likely N-dealkylation sites (tertiary alicyclic amines) is 1. The van der Waals surface area contributed by atoms with Crippen molar-refractivity contribution in [1.82, 2.24) is 36.8 Å². The van der Waals surface area contributed by atoms with Crippen molar-refractivity contribution in [3.8, 4) is 5.75 Å². The van der Waals surface area contributed by atoms with Crippen molar-refractivity contribution in [2.75, 3.05) is 6.54 Å². The number of nitrogens with one attached hydrogen (secondary N) is 6. The summed E-state index contributed by atoms with van der Waals surface area (Å²) in [6.45, 7) is 9.64. The van der Waals surface area contributed by atoms with E-state index in [1.165, 1.54) is 43.0 Å². The predicted molar refractivity (Wildman–Crippen MR) is 232 cm³/mol. The summed E-state index contributed by atoms with van der Waals surface area (Å²) in [7, 11) is 0. The lowest BCUT2D eigenvalue weighted by molar-refractivity contribution is -0.150. The molecule has 0 aliphatic carbocycles. The van der Waals surface area contributed by atoms with E-state index in [-0.39, 0.29) is 44.4 Å². The van der Waals surface area contributed by atoms with E-state index >= 15 is 0 Å². The van der Waals surface area contributed by atoms with Crippen molar-refractivity contribution in [1.29, 1.82) is 0 Å². The van der Waals surface area contributed by atoms with Gasteiger partial charge in [0.05, 0.1) is 6.04 Å². The van der Waals surface area contributed by atoms with Crippen LogP contribution in [0.5, 0.6) is 5.75 Å². The second-order valence-corrected chi connectivity index (χ2v) is 16.7. The fourth-order valence-corrected chi connectivity index (χ4v) is 6.92. The van der Waals surface area contributed by atoms with Gasteiger partial charge in [-0.25, -0.2) is 4.79 Å². The normalized spacial score (nSPS) is 16.8. The standard InChI is InChI=1S/C44H62N8O12/c1-23(2)35(50-39(58)30(45)18-19-34(54)55)42(61)49-32(22-28-14-16-29(53)17-15-28)41(60)48-31(21-27-11-8-7-9-12-27)40(59)47-25(5)37(56)46-26(6)38(57)51-36(24(3)4)43(62)52-20-10-13-33(52)44(63)64/h7-9,11-12,14-17,23-26,30-33,35-36,53H,10,13,18-22,45H2,1-6H3,(H,46,56)(H,47,59)(H,48,60)(H,49,61)(H,50,58)(H,51,57)(H,54,55)(H,63,64)/t25-,26-,30-,31-,32-,33-,35-,36-/m0/s1. The molecule has 8 atom stereocenters. The molecule has 0 unspecified atom stereocenters. The predicted octanol–water partition coefficient (Wildman–Crippen LogP) is -0.294. The van der Waals surface area contributed by atoms with Gasteiger partial charge in [0.2, 0.25) is 41.4 Å². The fourth-order valence-electron chi connectivity index (χ4n) is 6.92. The van der Waals surface area contributed by atoms with Crippen LogP contribution in [0.2, 0.25) is 0 Å². The molecule has 1 fully saturated rings. The number of hydrogen-bond donors (Lipinski definition) is 10. The Morgan fingerprint density at radius 1 is 0.625 bits per heavy atom. The number of nitrogens with two attached hydrogens (primary N) is 1. The Labute approximate surface area is 371 Å². The molecule has 64 heavy (non-hydrogen) atoms. The van der Waals surface area contributed by atoms with Crippen LogP contribution in [-0.2, 0) is 56.0 Å². The van der Waals surface area contributed by atoms with Crippen LogP contribution in [0.25, 0.3) is 0 Å². The molecule has 0 bridgehead atoms. The molecule has 0 radical (unpaired) electrons. The molecule has 1 aliphatic rings. The van der Waals surface area contributed by atoms with E-state index in [0.29, 0.717) is 17.5 Å². The molecule has 350 valence electrons. The van der Waals surface area contributed by atoms with E-state index in [9.17, 15) is 53.4 Å². The number of nitrogens with zero attached hydrogens (tertiary/aromatic N) is 1. The molecule has 2 aromatic rings. The van der Waals surface area contributed by atoms with Crippen LogP contribution >= 0.6 is 0 Å². The number of amides is 7. The van der Waals surface area contributed by atoms with Crippen LogP contribution in [0.4, 0.5) is 0 Å². The van der Waals surface area contributed by atoms with E-state index in [2.05, 4.69) is 31.9 Å². The Morgan fingerprint density at radius 3 is 1.64 bits per heavy atom. The van der Waals surface area contributed by atoms with Crippen LogP contribution in [0, 0.1) is 11.8 Å². The number of carboxylic acid groups (broad SMARTS) is 2. The molecule has 1 saturated heterocycles. The van der Waals surface area contributed by atoms with Gasteiger partial charge in [-0.15, -0.1) is 0 Å². The highest BCUT2D eigenvalue weighted by Gasteiger charge is 2.39. The lowest BCUT2D eigenvalue weighted by Crippen LogP contribution is -2.60. The highest BCUT2D eigenvalue weighted by Crippen LogP contribution is 2.21. The number of aliphatic carboxylic acids is 2. The van der Waals surface area contributed by atoms with E-state index in [1.807, 2.05) is 0 Å². The minimum absolute atomic E-state index is 0.0496. The molecule has 3 rings (SSSR count). The number of rotatable bonds is 23. The summed E-state index contributed by atoms with van der Waals surface area (Å²) in [5.41, 5.74) is 7.02. The summed E-state index contributed by atoms with van der Waals surface area (Å²) >= 11 is 0. The minimum atomic E-state index is -1.36. The summed E-state index contributed by atoms with van der Waals surface area (Å²) in [6.07, 6.45) is 0.0394. The second kappa shape index (κ2) is 24.3. The third kappa shape index (κ3) is 15.7. The van der Waals surface area contributed by atoms with Crippen LogP contribution in [0.3, 0.4) is 0 Å². The minimum Gasteiger partial charge on any atom is -0.508 e. The second-order valence-electron chi connectivity index (χ2n) is 16.7. The van der Waals surface area contributed by atoms with E-state index in [1.54, 1.807) is 58.0 Å². The van der Waals surface area contributed by atoms with Gasteiger partial charge in [-0.1, -0.05) is 70.2 Å². The first kappa shape index (κ1) is 51.8. The van der Waals surface area contributed by atoms with Gasteiger partial charge in [0, 0.05) is 25.8 Å². The number of phenols is 1. The number of hydrogen-bond acceptors (Lipinski definition) is 11. The van der Waals surface area contributed by atoms with Crippen molar-refractivity contribution in [3.05, 3.63) is 65.7 Å². The maximum atomic E-state index is 14.2. The Hall–Kier alpha value is -6.57. The van der Waals surface area contributed by atoms with Crippen LogP contribution in [0.15, 0.2) is 54.6 Å². The topological polar surface area (TPSA) is 316 Å². The lowest BCUT2D eigenvalue weighted by Gasteiger charge is -2.30. The van der Waals surface area contributed by atoms with E-state index in [0.717, 1.165) is 0 Å². The maximum Gasteiger partial charge on any atom is 0.326 e. The molecule has 11 N–H and O–H groups in total. The smallest absolute Gasteiger partial charge is 0.326 e. The number of phenolic OH excluding ortho intramolecular Hbond substituents is 1. The molecule has 0 spiro atoms. The Kier molecular flexibility index (Phi) is 19.7. The number of carbonyl (C=O) groups is 9. The highest BCUT2D eigenvalue weighted by atomic mass is 16.4. The Bertz CT molecular complexity index is 1980. The van der Waals surface area contributed by atoms with Gasteiger partial charge in [0.15, 0.2) is 0 Å². The average molecular weight is 895 g/mol. The van der Waals surface area contributed by atoms with Crippen molar-refractivity contribution in [2.24, 2.45) is 17.6 Å². The number of carboxylic acids is 2. The van der Waals surface area contributed by atoms with Gasteiger partial charge in [-0.2, -0.15) is 0 Å². The largest absolute Gasteiger partial charge is 0.508 e. The molecular weight excluding hydrogens is 833 g/mol. The molecule has 2 aromatic carbocycles. The van der Waals surface area contributed by atoms with Crippen LogP contribution in [-0.4, -0.2) is 128 Å². The molecule has 7 amide bonds. The van der Waals surface area contributed by atoms with Crippen LogP contribution in [0.1, 0.15) is 78.4 Å². The zero-order chi connectivity index (χ0) is 47.8.